The molecule has 0 aliphatic carbocycles. The van der Waals surface area contributed by atoms with Gasteiger partial charge in [-0.1, -0.05) is 187 Å². The van der Waals surface area contributed by atoms with E-state index in [0.29, 0.717) is 0 Å². The molecule has 0 aliphatic rings. The summed E-state index contributed by atoms with van der Waals surface area (Å²) in [7, 11) is -2.13. The third-order valence-electron chi connectivity index (χ3n) is 13.1. The number of benzene rings is 8. The van der Waals surface area contributed by atoms with Crippen LogP contribution in [0.2, 0.25) is 0 Å². The smallest absolute Gasteiger partial charge is 0.308 e. The van der Waals surface area contributed by atoms with Crippen molar-refractivity contribution in [2.75, 3.05) is 31.8 Å². The van der Waals surface area contributed by atoms with Crippen LogP contribution in [-0.4, -0.2) is 92.0 Å². The molecule has 478 valence electrons. The van der Waals surface area contributed by atoms with Crippen LogP contribution in [0.5, 0.6) is 0 Å². The van der Waals surface area contributed by atoms with Gasteiger partial charge in [-0.2, -0.15) is 0 Å². The minimum absolute atomic E-state index is 0. The van der Waals surface area contributed by atoms with Crippen molar-refractivity contribution in [2.45, 2.75) is 95.7 Å². The van der Waals surface area contributed by atoms with Gasteiger partial charge < -0.3 is 35.7 Å². The van der Waals surface area contributed by atoms with Crippen LogP contribution in [0.15, 0.2) is 243 Å². The van der Waals surface area contributed by atoms with Crippen LogP contribution in [0.4, 0.5) is 0 Å². The molecule has 88 heavy (non-hydrogen) atoms. The van der Waals surface area contributed by atoms with Crippen LogP contribution in [-0.2, 0) is 48.5 Å². The van der Waals surface area contributed by atoms with E-state index in [2.05, 4.69) is 243 Å². The third-order valence-corrected chi connectivity index (χ3v) is 25.3. The molecule has 8 aromatic carbocycles. The predicted octanol–water partition coefficient (Wildman–Crippen LogP) is 12.0. The summed E-state index contributed by atoms with van der Waals surface area (Å²) in [5.74, 6) is -1.51. The summed E-state index contributed by atoms with van der Waals surface area (Å²) in [5.41, 5.74) is -1.94. The minimum atomic E-state index is -1.20. The maximum absolute atomic E-state index is 10.0. The first kappa shape index (κ1) is 83.5. The van der Waals surface area contributed by atoms with Crippen molar-refractivity contribution in [3.8, 4) is 0 Å². The molecule has 0 saturated carbocycles. The fraction of sp³-hybridized carbons (Fsp3) is 0.315. The second-order valence-corrected chi connectivity index (χ2v) is 34.9. The molecule has 0 saturated heterocycles. The van der Waals surface area contributed by atoms with Gasteiger partial charge >= 0.3 is 11.9 Å². The molecule has 9 nitrogen and oxygen atoms in total. The fourth-order valence-electron chi connectivity index (χ4n) is 7.44. The number of aliphatic carboxylic acids is 2. The van der Waals surface area contributed by atoms with Gasteiger partial charge in [-0.05, 0) is 139 Å². The number of aliphatic hydroxyl groups is 5. The molecule has 8 aromatic rings. The number of hydrogen-bond acceptors (Lipinski definition) is 7. The quantitative estimate of drug-likeness (QED) is 0.0317. The monoisotopic (exact) mass is 1450 g/mol. The summed E-state index contributed by atoms with van der Waals surface area (Å²) in [4.78, 5) is 20.0. The minimum Gasteiger partial charge on any atom is -0.481 e. The summed E-state index contributed by atoms with van der Waals surface area (Å²) in [6, 6.07) is 89.0. The zero-order chi connectivity index (χ0) is 64.4. The normalized spacial score (nSPS) is 11.0. The molecule has 0 spiro atoms. The second kappa shape index (κ2) is 44.1. The Morgan fingerprint density at radius 3 is 0.443 bits per heavy atom. The largest absolute Gasteiger partial charge is 0.481 e. The van der Waals surface area contributed by atoms with Crippen molar-refractivity contribution in [1.29, 1.82) is 0 Å². The van der Waals surface area contributed by atoms with Gasteiger partial charge in [0.15, 0.2) is 12.6 Å². The molecule has 0 atom stereocenters. The summed E-state index contributed by atoms with van der Waals surface area (Å²) >= 11 is 0. The Morgan fingerprint density at radius 2 is 0.375 bits per heavy atom. The van der Waals surface area contributed by atoms with Crippen LogP contribution in [0.25, 0.3) is 0 Å². The molecular formula is C73H100O9P4Ru2+4. The average molecular weight is 1450 g/mol. The summed E-state index contributed by atoms with van der Waals surface area (Å²) in [6.07, 6.45) is 2.64. The van der Waals surface area contributed by atoms with E-state index >= 15 is 0 Å². The zero-order valence-corrected chi connectivity index (χ0v) is 61.2. The van der Waals surface area contributed by atoms with E-state index in [4.69, 9.17) is 35.7 Å². The average Bonchev–Trinajstić information content (AvgIpc) is 3.69. The van der Waals surface area contributed by atoms with E-state index < -0.39 is 67.0 Å². The zero-order valence-electron chi connectivity index (χ0n) is 53.7. The molecule has 0 bridgehead atoms. The Kier molecular flexibility index (Phi) is 41.8. The molecule has 0 fully saturated rings. The molecule has 0 heterocycles. The van der Waals surface area contributed by atoms with Gasteiger partial charge in [0.25, 0.3) is 0 Å². The SMILES string of the molecule is CC(C)(C)C(=O)O.CC(C)(C)C(=O)O.CC(C)(C)C(O)O.CC(C)(C)C(O)O.CO.[Ru].[Ru].c1ccc([PH+](CC[PH+](c2ccccc2)c2ccccc2)c2ccccc2)cc1.c1ccc([PH+](CC[PH+](c2ccccc2)c2ccccc2)c2ccccc2)cc1. The number of carboxylic acid groups (broad SMARTS) is 2. The van der Waals surface area contributed by atoms with Crippen LogP contribution < -0.4 is 42.4 Å². The number of carboxylic acids is 2. The van der Waals surface area contributed by atoms with Gasteiger partial charge in [-0.25, -0.2) is 0 Å². The Bertz CT molecular complexity index is 2470. The van der Waals surface area contributed by atoms with Crippen LogP contribution >= 0.6 is 31.7 Å². The van der Waals surface area contributed by atoms with Gasteiger partial charge in [0.2, 0.25) is 0 Å². The molecule has 0 aromatic heterocycles. The number of carbonyl (C=O) groups is 2. The fourth-order valence-corrected chi connectivity index (χ4v) is 19.8. The first-order valence-electron chi connectivity index (χ1n) is 29.1. The Morgan fingerprint density at radius 1 is 0.284 bits per heavy atom. The van der Waals surface area contributed by atoms with E-state index in [1.165, 1.54) is 67.1 Å². The van der Waals surface area contributed by atoms with Gasteiger partial charge in [0, 0.05) is 56.9 Å². The van der Waals surface area contributed by atoms with Crippen molar-refractivity contribution in [2.24, 2.45) is 21.7 Å². The molecule has 0 aliphatic heterocycles. The molecule has 0 unspecified atom stereocenters. The standard InChI is InChI=1S/2C26H24P2.2C5H12O2.2C5H10O2.CH4O.2Ru/c2*1-5-13-23(14-6-1)27(24-15-7-2-8-16-24)21-22-28(25-17-9-3-10-18-25)26-19-11-4-12-20-26;4*1-5(2,3)4(6)7;1-2;;/h2*1-20H,21-22H2;2*4,6-7H,1-3H3;2*1-3H3,(H,6,7);2H,1H3;;/p+4. The second-order valence-electron chi connectivity index (χ2n) is 24.4. The predicted molar refractivity (Wildman–Crippen MR) is 379 cm³/mol. The number of aliphatic hydroxyl groups excluding tert-OH is 3. The van der Waals surface area contributed by atoms with Crippen molar-refractivity contribution in [3.63, 3.8) is 0 Å². The van der Waals surface area contributed by atoms with E-state index in [9.17, 15) is 9.59 Å². The molecule has 15 heteroatoms. The first-order valence-corrected chi connectivity index (χ1v) is 35.9. The van der Waals surface area contributed by atoms with E-state index in [-0.39, 0.29) is 49.8 Å². The Labute approximate surface area is 558 Å². The topological polar surface area (TPSA) is 176 Å². The van der Waals surface area contributed by atoms with Gasteiger partial charge in [0.05, 0.1) is 85.0 Å². The van der Waals surface area contributed by atoms with Crippen molar-refractivity contribution in [1.82, 2.24) is 0 Å². The van der Waals surface area contributed by atoms with Gasteiger partial charge in [0.1, 0.15) is 24.6 Å². The molecule has 0 radical (unpaired) electrons. The summed E-state index contributed by atoms with van der Waals surface area (Å²) < 4.78 is 0. The summed E-state index contributed by atoms with van der Waals surface area (Å²) in [6.45, 7) is 20.5. The Balaban J connectivity index is 0.00000117. The molecule has 0 amide bonds. The van der Waals surface area contributed by atoms with Crippen molar-refractivity contribution >= 4 is 86.1 Å². The van der Waals surface area contributed by atoms with Crippen LogP contribution in [0.3, 0.4) is 0 Å². The van der Waals surface area contributed by atoms with Crippen molar-refractivity contribution in [3.05, 3.63) is 243 Å². The first-order chi connectivity index (χ1) is 40.6. The molecule has 8 rings (SSSR count). The number of hydrogen-bond donors (Lipinski definition) is 7. The van der Waals surface area contributed by atoms with Gasteiger partial charge in [-0.3, -0.25) is 9.59 Å². The van der Waals surface area contributed by atoms with Crippen molar-refractivity contribution < 1.29 is 84.3 Å². The molecule has 7 N–H and O–H groups in total. The summed E-state index contributed by atoms with van der Waals surface area (Å²) in [5, 5.41) is 69.4. The maximum Gasteiger partial charge on any atom is 0.308 e. The van der Waals surface area contributed by atoms with E-state index in [0.717, 1.165) is 7.11 Å². The Hall–Kier alpha value is -4.53. The van der Waals surface area contributed by atoms with Gasteiger partial charge in [-0.15, -0.1) is 0 Å². The third kappa shape index (κ3) is 33.5. The van der Waals surface area contributed by atoms with Crippen LogP contribution in [0.1, 0.15) is 83.1 Å². The number of rotatable bonds is 14. The maximum atomic E-state index is 10.0. The van der Waals surface area contributed by atoms with E-state index in [1.807, 2.05) is 0 Å². The van der Waals surface area contributed by atoms with E-state index in [1.54, 1.807) is 83.1 Å². The van der Waals surface area contributed by atoms with Crippen LogP contribution in [0, 0.1) is 21.7 Å². The molecular weight excluding hydrogens is 1350 g/mol.